The van der Waals surface area contributed by atoms with Crippen LogP contribution < -0.4 is 5.32 Å². The van der Waals surface area contributed by atoms with Crippen molar-refractivity contribution in [1.82, 2.24) is 5.32 Å². The number of methoxy groups -OCH3 is 1. The van der Waals surface area contributed by atoms with Gasteiger partial charge >= 0.3 is 5.97 Å². The van der Waals surface area contributed by atoms with Crippen molar-refractivity contribution in [3.63, 3.8) is 0 Å². The molecule has 5 nitrogen and oxygen atoms in total. The van der Waals surface area contributed by atoms with Crippen molar-refractivity contribution in [1.29, 1.82) is 0 Å². The van der Waals surface area contributed by atoms with Crippen LogP contribution in [0.15, 0.2) is 16.5 Å². The van der Waals surface area contributed by atoms with Gasteiger partial charge in [-0.3, -0.25) is 0 Å². The zero-order valence-corrected chi connectivity index (χ0v) is 10.8. The van der Waals surface area contributed by atoms with Gasteiger partial charge in [-0.2, -0.15) is 0 Å². The van der Waals surface area contributed by atoms with E-state index in [0.29, 0.717) is 5.76 Å². The predicted octanol–water partition coefficient (Wildman–Crippen LogP) is 1.90. The summed E-state index contributed by atoms with van der Waals surface area (Å²) >= 11 is 0. The lowest BCUT2D eigenvalue weighted by Crippen LogP contribution is -2.33. The normalized spacial score (nSPS) is 21.6. The topological polar surface area (TPSA) is 60.7 Å². The fourth-order valence-corrected chi connectivity index (χ4v) is 2.27. The first-order valence-electron chi connectivity index (χ1n) is 6.23. The molecule has 1 saturated heterocycles. The smallest absolute Gasteiger partial charge is 0.373 e. The molecule has 2 unspecified atom stereocenters. The van der Waals surface area contributed by atoms with Crippen LogP contribution in [0.2, 0.25) is 0 Å². The van der Waals surface area contributed by atoms with Gasteiger partial charge in [-0.05, 0) is 38.4 Å². The Balaban J connectivity index is 2.11. The Morgan fingerprint density at radius 3 is 2.94 bits per heavy atom. The number of rotatable bonds is 4. The molecule has 1 aliphatic heterocycles. The first-order chi connectivity index (χ1) is 8.76. The van der Waals surface area contributed by atoms with Gasteiger partial charge in [0.15, 0.2) is 0 Å². The fourth-order valence-electron chi connectivity index (χ4n) is 2.27. The third-order valence-corrected chi connectivity index (χ3v) is 3.22. The van der Waals surface area contributed by atoms with E-state index in [-0.39, 0.29) is 17.9 Å². The summed E-state index contributed by atoms with van der Waals surface area (Å²) < 4.78 is 15.9. The molecule has 1 aromatic rings. The monoisotopic (exact) mass is 253 g/mol. The van der Waals surface area contributed by atoms with Crippen molar-refractivity contribution < 1.29 is 18.7 Å². The summed E-state index contributed by atoms with van der Waals surface area (Å²) in [6.07, 6.45) is 3.37. The summed E-state index contributed by atoms with van der Waals surface area (Å²) in [6.45, 7) is 0.785. The van der Waals surface area contributed by atoms with E-state index in [1.165, 1.54) is 7.11 Å². The molecule has 0 aliphatic carbocycles. The fraction of sp³-hybridized carbons (Fsp3) is 0.615. The molecule has 0 radical (unpaired) electrons. The van der Waals surface area contributed by atoms with Crippen LogP contribution in [0.4, 0.5) is 0 Å². The summed E-state index contributed by atoms with van der Waals surface area (Å²) in [5.41, 5.74) is 0. The highest BCUT2D eigenvalue weighted by Gasteiger charge is 2.27. The van der Waals surface area contributed by atoms with Gasteiger partial charge in [0.05, 0.1) is 19.3 Å². The largest absolute Gasteiger partial charge is 0.463 e. The van der Waals surface area contributed by atoms with Gasteiger partial charge in [-0.15, -0.1) is 0 Å². The van der Waals surface area contributed by atoms with E-state index in [2.05, 4.69) is 10.1 Å². The maximum atomic E-state index is 11.3. The number of nitrogens with one attached hydrogen (secondary N) is 1. The molecule has 2 rings (SSSR count). The van der Waals surface area contributed by atoms with Crippen molar-refractivity contribution in [2.75, 3.05) is 20.8 Å². The maximum Gasteiger partial charge on any atom is 0.373 e. The molecule has 100 valence electrons. The molecular weight excluding hydrogens is 234 g/mol. The molecule has 0 saturated carbocycles. The standard InChI is InChI=1S/C13H19NO4/c1-14-12(9-5-3-4-8-17-9)10-6-7-11(18-10)13(15)16-2/h6-7,9,12,14H,3-5,8H2,1-2H3. The highest BCUT2D eigenvalue weighted by atomic mass is 16.5. The van der Waals surface area contributed by atoms with Crippen LogP contribution in [0.5, 0.6) is 0 Å². The van der Waals surface area contributed by atoms with Crippen LogP contribution >= 0.6 is 0 Å². The third-order valence-electron chi connectivity index (χ3n) is 3.22. The zero-order valence-electron chi connectivity index (χ0n) is 10.8. The molecule has 1 N–H and O–H groups in total. The second kappa shape index (κ2) is 6.02. The lowest BCUT2D eigenvalue weighted by atomic mass is 10.0. The van der Waals surface area contributed by atoms with Gasteiger partial charge < -0.3 is 19.2 Å². The predicted molar refractivity (Wildman–Crippen MR) is 65.4 cm³/mol. The second-order valence-electron chi connectivity index (χ2n) is 4.36. The Hall–Kier alpha value is -1.33. The molecule has 0 amide bonds. The average Bonchev–Trinajstić information content (AvgIpc) is 2.89. The van der Waals surface area contributed by atoms with Crippen molar-refractivity contribution in [2.45, 2.75) is 31.4 Å². The van der Waals surface area contributed by atoms with E-state index in [1.807, 2.05) is 7.05 Å². The van der Waals surface area contributed by atoms with Gasteiger partial charge in [0, 0.05) is 6.61 Å². The first-order valence-corrected chi connectivity index (χ1v) is 6.23. The van der Waals surface area contributed by atoms with Gasteiger partial charge in [0.2, 0.25) is 5.76 Å². The van der Waals surface area contributed by atoms with E-state index in [9.17, 15) is 4.79 Å². The van der Waals surface area contributed by atoms with Gasteiger partial charge in [0.1, 0.15) is 5.76 Å². The van der Waals surface area contributed by atoms with Crippen molar-refractivity contribution in [3.05, 3.63) is 23.7 Å². The molecule has 2 heterocycles. The van der Waals surface area contributed by atoms with Crippen LogP contribution in [0.1, 0.15) is 41.6 Å². The lowest BCUT2D eigenvalue weighted by molar-refractivity contribution is -0.0113. The quantitative estimate of drug-likeness (QED) is 0.830. The minimum absolute atomic E-state index is 0.0243. The van der Waals surface area contributed by atoms with Crippen LogP contribution in [-0.4, -0.2) is 32.8 Å². The Morgan fingerprint density at radius 2 is 2.33 bits per heavy atom. The number of hydrogen-bond acceptors (Lipinski definition) is 5. The maximum absolute atomic E-state index is 11.3. The number of carbonyl (C=O) groups is 1. The summed E-state index contributed by atoms with van der Waals surface area (Å²) in [4.78, 5) is 11.3. The van der Waals surface area contributed by atoms with E-state index in [1.54, 1.807) is 12.1 Å². The van der Waals surface area contributed by atoms with Crippen LogP contribution in [0, 0.1) is 0 Å². The Kier molecular flexibility index (Phi) is 4.38. The molecule has 1 aliphatic rings. The van der Waals surface area contributed by atoms with E-state index < -0.39 is 5.97 Å². The summed E-state index contributed by atoms with van der Waals surface area (Å²) in [6, 6.07) is 3.41. The number of ether oxygens (including phenoxy) is 2. The number of furan rings is 1. The van der Waals surface area contributed by atoms with Gasteiger partial charge in [-0.1, -0.05) is 0 Å². The van der Waals surface area contributed by atoms with Crippen LogP contribution in [-0.2, 0) is 9.47 Å². The first kappa shape index (κ1) is 13.1. The average molecular weight is 253 g/mol. The lowest BCUT2D eigenvalue weighted by Gasteiger charge is -2.28. The molecule has 1 aromatic heterocycles. The van der Waals surface area contributed by atoms with Crippen LogP contribution in [0.25, 0.3) is 0 Å². The van der Waals surface area contributed by atoms with E-state index in [4.69, 9.17) is 9.15 Å². The van der Waals surface area contributed by atoms with Crippen molar-refractivity contribution in [3.8, 4) is 0 Å². The van der Waals surface area contributed by atoms with Crippen molar-refractivity contribution >= 4 is 5.97 Å². The SMILES string of the molecule is CNC(c1ccc(C(=O)OC)o1)C1CCCCO1. The van der Waals surface area contributed by atoms with E-state index in [0.717, 1.165) is 25.9 Å². The Morgan fingerprint density at radius 1 is 1.50 bits per heavy atom. The molecule has 0 spiro atoms. The minimum Gasteiger partial charge on any atom is -0.463 e. The summed E-state index contributed by atoms with van der Waals surface area (Å²) in [5.74, 6) is 0.481. The second-order valence-corrected chi connectivity index (χ2v) is 4.36. The molecule has 1 fully saturated rings. The molecule has 0 aromatic carbocycles. The molecule has 0 bridgehead atoms. The number of carbonyl (C=O) groups excluding carboxylic acids is 1. The zero-order chi connectivity index (χ0) is 13.0. The van der Waals surface area contributed by atoms with Crippen molar-refractivity contribution in [2.24, 2.45) is 0 Å². The highest BCUT2D eigenvalue weighted by Crippen LogP contribution is 2.27. The molecule has 5 heteroatoms. The number of hydrogen-bond donors (Lipinski definition) is 1. The highest BCUT2D eigenvalue weighted by molar-refractivity contribution is 5.86. The summed E-state index contributed by atoms with van der Waals surface area (Å²) in [5, 5.41) is 3.19. The molecule has 2 atom stereocenters. The Labute approximate surface area is 106 Å². The number of esters is 1. The van der Waals surface area contributed by atoms with Crippen LogP contribution in [0.3, 0.4) is 0 Å². The summed E-state index contributed by atoms with van der Waals surface area (Å²) in [7, 11) is 3.20. The minimum atomic E-state index is -0.458. The Bertz CT molecular complexity index is 395. The van der Waals surface area contributed by atoms with Gasteiger partial charge in [-0.25, -0.2) is 4.79 Å². The number of likely N-dealkylation sites (N-methyl/N-ethyl adjacent to an activating group) is 1. The van der Waals surface area contributed by atoms with Gasteiger partial charge in [0.25, 0.3) is 0 Å². The molecule has 18 heavy (non-hydrogen) atoms. The molecular formula is C13H19NO4. The third kappa shape index (κ3) is 2.73. The van der Waals surface area contributed by atoms with E-state index >= 15 is 0 Å².